The summed E-state index contributed by atoms with van der Waals surface area (Å²) in [6.07, 6.45) is 1.81. The first-order valence-corrected chi connectivity index (χ1v) is 8.61. The number of amides is 1. The van der Waals surface area contributed by atoms with E-state index in [9.17, 15) is 23.5 Å². The van der Waals surface area contributed by atoms with E-state index in [1.54, 1.807) is 11.0 Å². The Kier molecular flexibility index (Phi) is 5.13. The molecule has 8 heteroatoms. The Labute approximate surface area is 150 Å². The average Bonchev–Trinajstić information content (AvgIpc) is 2.60. The van der Waals surface area contributed by atoms with Crippen molar-refractivity contribution in [2.24, 2.45) is 5.41 Å². The number of aliphatic carboxylic acids is 1. The van der Waals surface area contributed by atoms with Crippen LogP contribution in [-0.2, 0) is 4.79 Å². The summed E-state index contributed by atoms with van der Waals surface area (Å²) in [5.74, 6) is -1.19. The highest BCUT2D eigenvalue weighted by Gasteiger charge is 2.52. The number of carboxylic acid groups (broad SMARTS) is 1. The van der Waals surface area contributed by atoms with Crippen molar-refractivity contribution in [2.75, 3.05) is 26.7 Å². The molecule has 3 rings (SSSR count). The predicted octanol–water partition coefficient (Wildman–Crippen LogP) is 2.30. The third-order valence-corrected chi connectivity index (χ3v) is 5.54. The number of fused-ring (bicyclic) bond motifs is 1. The van der Waals surface area contributed by atoms with E-state index in [2.05, 4.69) is 4.74 Å². The van der Waals surface area contributed by atoms with Crippen LogP contribution >= 0.6 is 0 Å². The van der Waals surface area contributed by atoms with Crippen LogP contribution in [-0.4, -0.2) is 66.1 Å². The van der Waals surface area contributed by atoms with Crippen LogP contribution in [0.15, 0.2) is 24.3 Å². The topological polar surface area (TPSA) is 70.1 Å². The second-order valence-corrected chi connectivity index (χ2v) is 6.97. The Balaban J connectivity index is 1.79. The summed E-state index contributed by atoms with van der Waals surface area (Å²) in [6, 6.07) is 5.43. The van der Waals surface area contributed by atoms with Crippen LogP contribution in [0, 0.1) is 5.41 Å². The molecule has 1 aromatic carbocycles. The van der Waals surface area contributed by atoms with E-state index in [-0.39, 0.29) is 23.3 Å². The number of likely N-dealkylation sites (N-methyl/N-ethyl adjacent to an activating group) is 1. The Hall–Kier alpha value is -2.22. The minimum Gasteiger partial charge on any atom is -0.481 e. The lowest BCUT2D eigenvalue weighted by Gasteiger charge is -2.51. The minimum atomic E-state index is -2.96. The number of carbonyl (C=O) groups is 2. The molecule has 2 aliphatic rings. The Morgan fingerprint density at radius 2 is 2.08 bits per heavy atom. The van der Waals surface area contributed by atoms with Gasteiger partial charge in [0.1, 0.15) is 5.75 Å². The molecule has 1 amide bonds. The fraction of sp³-hybridized carbons (Fsp3) is 0.556. The van der Waals surface area contributed by atoms with Crippen molar-refractivity contribution in [3.05, 3.63) is 29.8 Å². The molecule has 6 nitrogen and oxygen atoms in total. The number of hydrogen-bond acceptors (Lipinski definition) is 4. The summed E-state index contributed by atoms with van der Waals surface area (Å²) in [6.45, 7) is -1.53. The fourth-order valence-electron chi connectivity index (χ4n) is 4.16. The molecule has 2 saturated heterocycles. The number of halogens is 2. The van der Waals surface area contributed by atoms with E-state index in [0.29, 0.717) is 25.9 Å². The van der Waals surface area contributed by atoms with Gasteiger partial charge in [0, 0.05) is 24.7 Å². The molecule has 2 heterocycles. The summed E-state index contributed by atoms with van der Waals surface area (Å²) >= 11 is 0. The van der Waals surface area contributed by atoms with Crippen molar-refractivity contribution in [1.82, 2.24) is 9.80 Å². The molecule has 142 valence electrons. The molecular formula is C18H22F2N2O4. The summed E-state index contributed by atoms with van der Waals surface area (Å²) in [4.78, 5) is 28.4. The number of ether oxygens (including phenoxy) is 1. The minimum absolute atomic E-state index is 0.0717. The highest BCUT2D eigenvalue weighted by molar-refractivity contribution is 5.95. The Morgan fingerprint density at radius 1 is 1.31 bits per heavy atom. The van der Waals surface area contributed by atoms with Gasteiger partial charge >= 0.3 is 12.6 Å². The van der Waals surface area contributed by atoms with Crippen LogP contribution in [0.5, 0.6) is 5.75 Å². The maximum absolute atomic E-state index is 12.8. The first kappa shape index (κ1) is 18.6. The molecule has 1 aromatic rings. The summed E-state index contributed by atoms with van der Waals surface area (Å²) in [7, 11) is 1.88. The fourth-order valence-corrected chi connectivity index (χ4v) is 4.16. The van der Waals surface area contributed by atoms with Crippen molar-refractivity contribution in [1.29, 1.82) is 0 Å². The van der Waals surface area contributed by atoms with E-state index >= 15 is 0 Å². The molecule has 0 spiro atoms. The van der Waals surface area contributed by atoms with Crippen molar-refractivity contribution >= 4 is 11.9 Å². The highest BCUT2D eigenvalue weighted by atomic mass is 19.3. The molecule has 0 aromatic heterocycles. The van der Waals surface area contributed by atoms with Gasteiger partial charge in [-0.1, -0.05) is 6.07 Å². The smallest absolute Gasteiger partial charge is 0.387 e. The van der Waals surface area contributed by atoms with Crippen LogP contribution in [0.25, 0.3) is 0 Å². The number of hydrogen-bond donors (Lipinski definition) is 1. The lowest BCUT2D eigenvalue weighted by molar-refractivity contribution is -0.161. The van der Waals surface area contributed by atoms with Gasteiger partial charge in [-0.05, 0) is 51.1 Å². The first-order chi connectivity index (χ1) is 12.3. The Morgan fingerprint density at radius 3 is 2.77 bits per heavy atom. The van der Waals surface area contributed by atoms with Crippen molar-refractivity contribution in [3.8, 4) is 5.75 Å². The molecule has 2 aliphatic heterocycles. The van der Waals surface area contributed by atoms with Crippen LogP contribution in [0.3, 0.4) is 0 Å². The van der Waals surface area contributed by atoms with E-state index < -0.39 is 18.0 Å². The van der Waals surface area contributed by atoms with Crippen molar-refractivity contribution in [2.45, 2.75) is 31.9 Å². The van der Waals surface area contributed by atoms with Crippen LogP contribution < -0.4 is 4.74 Å². The van der Waals surface area contributed by atoms with Crippen LogP contribution in [0.1, 0.15) is 29.6 Å². The third-order valence-electron chi connectivity index (χ3n) is 5.54. The SMILES string of the molecule is CN1CCC[C@]2(C(=O)O)CCN(C(=O)c3cccc(OC(F)F)c3)C[C@@H]12. The molecule has 2 fully saturated rings. The maximum atomic E-state index is 12.8. The second kappa shape index (κ2) is 7.19. The van der Waals surface area contributed by atoms with E-state index in [0.717, 1.165) is 13.0 Å². The largest absolute Gasteiger partial charge is 0.481 e. The molecule has 0 radical (unpaired) electrons. The summed E-state index contributed by atoms with van der Waals surface area (Å²) < 4.78 is 29.1. The monoisotopic (exact) mass is 368 g/mol. The van der Waals surface area contributed by atoms with E-state index in [1.807, 2.05) is 11.9 Å². The zero-order chi connectivity index (χ0) is 18.9. The Bertz CT molecular complexity index is 700. The van der Waals surface area contributed by atoms with Gasteiger partial charge in [-0.3, -0.25) is 9.59 Å². The van der Waals surface area contributed by atoms with Crippen molar-refractivity contribution < 1.29 is 28.2 Å². The molecule has 1 N–H and O–H groups in total. The third kappa shape index (κ3) is 3.38. The average molecular weight is 368 g/mol. The summed E-state index contributed by atoms with van der Waals surface area (Å²) in [5.41, 5.74) is -0.575. The van der Waals surface area contributed by atoms with E-state index in [4.69, 9.17) is 0 Å². The van der Waals surface area contributed by atoms with Gasteiger partial charge < -0.3 is 19.6 Å². The lowest BCUT2D eigenvalue weighted by atomic mass is 9.68. The van der Waals surface area contributed by atoms with Gasteiger partial charge in [-0.25, -0.2) is 0 Å². The molecule has 0 saturated carbocycles. The van der Waals surface area contributed by atoms with E-state index in [1.165, 1.54) is 18.2 Å². The lowest BCUT2D eigenvalue weighted by Crippen LogP contribution is -2.63. The molecule has 0 bridgehead atoms. The number of carboxylic acids is 1. The standard InChI is InChI=1S/C18H22F2N2O4/c1-21-8-3-6-18(16(24)25)7-9-22(11-14(18)21)15(23)12-4-2-5-13(10-12)26-17(19)20/h2,4-5,10,14,17H,3,6-9,11H2,1H3,(H,24,25)/t14-,18+/m1/s1. The van der Waals surface area contributed by atoms with Gasteiger partial charge in [0.15, 0.2) is 0 Å². The number of benzene rings is 1. The number of alkyl halides is 2. The van der Waals surface area contributed by atoms with Gasteiger partial charge in [-0.15, -0.1) is 0 Å². The number of likely N-dealkylation sites (tertiary alicyclic amines) is 2. The zero-order valence-electron chi connectivity index (χ0n) is 14.5. The summed E-state index contributed by atoms with van der Waals surface area (Å²) in [5, 5.41) is 9.79. The zero-order valence-corrected chi connectivity index (χ0v) is 14.5. The van der Waals surface area contributed by atoms with Gasteiger partial charge in [0.2, 0.25) is 0 Å². The number of carbonyl (C=O) groups excluding carboxylic acids is 1. The quantitative estimate of drug-likeness (QED) is 0.883. The van der Waals surface area contributed by atoms with Gasteiger partial charge in [0.05, 0.1) is 5.41 Å². The maximum Gasteiger partial charge on any atom is 0.387 e. The second-order valence-electron chi connectivity index (χ2n) is 6.97. The number of piperidine rings is 2. The molecule has 26 heavy (non-hydrogen) atoms. The molecular weight excluding hydrogens is 346 g/mol. The van der Waals surface area contributed by atoms with Crippen LogP contribution in [0.4, 0.5) is 8.78 Å². The van der Waals surface area contributed by atoms with Gasteiger partial charge in [0.25, 0.3) is 5.91 Å². The van der Waals surface area contributed by atoms with Crippen LogP contribution in [0.2, 0.25) is 0 Å². The molecule has 0 aliphatic carbocycles. The predicted molar refractivity (Wildman–Crippen MR) is 89.3 cm³/mol. The number of rotatable bonds is 4. The van der Waals surface area contributed by atoms with Crippen molar-refractivity contribution in [3.63, 3.8) is 0 Å². The highest BCUT2D eigenvalue weighted by Crippen LogP contribution is 2.42. The number of nitrogens with zero attached hydrogens (tertiary/aromatic N) is 2. The van der Waals surface area contributed by atoms with Gasteiger partial charge in [-0.2, -0.15) is 8.78 Å². The first-order valence-electron chi connectivity index (χ1n) is 8.61. The molecule has 2 atom stereocenters. The molecule has 0 unspecified atom stereocenters. The normalized spacial score (nSPS) is 26.5.